The average Bonchev–Trinajstić information content (AvgIpc) is 2.68. The lowest BCUT2D eigenvalue weighted by atomic mass is 10.1. The van der Waals surface area contributed by atoms with Crippen LogP contribution in [0.2, 0.25) is 10.0 Å². The molecule has 0 radical (unpaired) electrons. The molecule has 2 aromatic carbocycles. The van der Waals surface area contributed by atoms with Gasteiger partial charge in [-0.25, -0.2) is 4.98 Å². The Morgan fingerprint density at radius 1 is 1.05 bits per heavy atom. The SMILES string of the molecule is Cn1c(-c2c(N)cccc2Cl)nc2cccc(Cl)c21. The Morgan fingerprint density at radius 3 is 2.42 bits per heavy atom. The Morgan fingerprint density at radius 2 is 1.74 bits per heavy atom. The number of hydrogen-bond acceptors (Lipinski definition) is 2. The van der Waals surface area contributed by atoms with Crippen molar-refractivity contribution < 1.29 is 0 Å². The molecule has 96 valence electrons. The lowest BCUT2D eigenvalue weighted by molar-refractivity contribution is 0.960. The number of nitrogens with two attached hydrogens (primary N) is 1. The summed E-state index contributed by atoms with van der Waals surface area (Å²) in [5.41, 5.74) is 9.04. The van der Waals surface area contributed by atoms with E-state index >= 15 is 0 Å². The van der Waals surface area contributed by atoms with E-state index in [0.29, 0.717) is 21.6 Å². The van der Waals surface area contributed by atoms with E-state index in [9.17, 15) is 0 Å². The van der Waals surface area contributed by atoms with E-state index in [4.69, 9.17) is 28.9 Å². The third kappa shape index (κ3) is 1.86. The summed E-state index contributed by atoms with van der Waals surface area (Å²) in [4.78, 5) is 4.58. The first kappa shape index (κ1) is 12.3. The Labute approximate surface area is 120 Å². The maximum atomic E-state index is 6.24. The number of nitrogens with zero attached hydrogens (tertiary/aromatic N) is 2. The van der Waals surface area contributed by atoms with E-state index in [1.165, 1.54) is 0 Å². The molecule has 3 rings (SSSR count). The molecule has 5 heteroatoms. The number of aryl methyl sites for hydroxylation is 1. The van der Waals surface area contributed by atoms with Crippen molar-refractivity contribution in [3.05, 3.63) is 46.4 Å². The summed E-state index contributed by atoms with van der Waals surface area (Å²) >= 11 is 12.5. The van der Waals surface area contributed by atoms with Crippen LogP contribution >= 0.6 is 23.2 Å². The van der Waals surface area contributed by atoms with Crippen LogP contribution in [-0.2, 0) is 7.05 Å². The van der Waals surface area contributed by atoms with Crippen LogP contribution in [0.15, 0.2) is 36.4 Å². The molecule has 0 bridgehead atoms. The fourth-order valence-corrected chi connectivity index (χ4v) is 2.78. The van der Waals surface area contributed by atoms with Gasteiger partial charge in [-0.1, -0.05) is 35.3 Å². The summed E-state index contributed by atoms with van der Waals surface area (Å²) in [6.07, 6.45) is 0. The number of rotatable bonds is 1. The lowest BCUT2D eigenvalue weighted by Gasteiger charge is -2.08. The number of nitrogen functional groups attached to an aromatic ring is 1. The zero-order valence-corrected chi connectivity index (χ0v) is 11.7. The standard InChI is InChI=1S/C14H11Cl2N3/c1-19-13-9(16)5-3-7-11(13)18-14(19)12-8(15)4-2-6-10(12)17/h2-7H,17H2,1H3. The minimum atomic E-state index is 0.578. The van der Waals surface area contributed by atoms with Gasteiger partial charge >= 0.3 is 0 Å². The Balaban J connectivity index is 2.38. The number of aromatic nitrogens is 2. The number of anilines is 1. The second kappa shape index (κ2) is 4.44. The van der Waals surface area contributed by atoms with Crippen molar-refractivity contribution in [2.75, 3.05) is 5.73 Å². The topological polar surface area (TPSA) is 43.8 Å². The minimum Gasteiger partial charge on any atom is -0.398 e. The van der Waals surface area contributed by atoms with Crippen molar-refractivity contribution in [2.45, 2.75) is 0 Å². The van der Waals surface area contributed by atoms with Crippen molar-refractivity contribution in [3.8, 4) is 11.4 Å². The molecule has 0 saturated carbocycles. The highest BCUT2D eigenvalue weighted by Crippen LogP contribution is 2.35. The zero-order chi connectivity index (χ0) is 13.6. The van der Waals surface area contributed by atoms with Crippen LogP contribution in [0.1, 0.15) is 0 Å². The molecule has 3 aromatic rings. The predicted octanol–water partition coefficient (Wildman–Crippen LogP) is 4.13. The second-order valence-electron chi connectivity index (χ2n) is 4.31. The maximum absolute atomic E-state index is 6.24. The van der Waals surface area contributed by atoms with Crippen molar-refractivity contribution in [1.82, 2.24) is 9.55 Å². The molecule has 1 heterocycles. The van der Waals surface area contributed by atoms with E-state index in [-0.39, 0.29) is 0 Å². The van der Waals surface area contributed by atoms with Gasteiger partial charge in [0.2, 0.25) is 0 Å². The number of para-hydroxylation sites is 1. The van der Waals surface area contributed by atoms with Crippen LogP contribution in [0.3, 0.4) is 0 Å². The quantitative estimate of drug-likeness (QED) is 0.685. The number of fused-ring (bicyclic) bond motifs is 1. The maximum Gasteiger partial charge on any atom is 0.144 e. The van der Waals surface area contributed by atoms with Crippen LogP contribution < -0.4 is 5.73 Å². The molecule has 0 saturated heterocycles. The largest absolute Gasteiger partial charge is 0.398 e. The van der Waals surface area contributed by atoms with Crippen LogP contribution in [0.4, 0.5) is 5.69 Å². The summed E-state index contributed by atoms with van der Waals surface area (Å²) in [5.74, 6) is 0.714. The van der Waals surface area contributed by atoms with Crippen molar-refractivity contribution in [2.24, 2.45) is 7.05 Å². The molecule has 0 aliphatic carbocycles. The molecule has 3 nitrogen and oxygen atoms in total. The summed E-state index contributed by atoms with van der Waals surface area (Å²) in [5, 5.41) is 1.24. The third-order valence-corrected chi connectivity index (χ3v) is 3.73. The molecular weight excluding hydrogens is 281 g/mol. The van der Waals surface area contributed by atoms with Gasteiger partial charge < -0.3 is 10.3 Å². The number of benzene rings is 2. The number of halogens is 2. The molecule has 19 heavy (non-hydrogen) atoms. The fourth-order valence-electron chi connectivity index (χ4n) is 2.22. The minimum absolute atomic E-state index is 0.578. The first-order valence-corrected chi connectivity index (χ1v) is 6.50. The van der Waals surface area contributed by atoms with Crippen LogP contribution in [0, 0.1) is 0 Å². The fraction of sp³-hybridized carbons (Fsp3) is 0.0714. The Bertz CT molecular complexity index is 757. The van der Waals surface area contributed by atoms with Gasteiger partial charge in [-0.3, -0.25) is 0 Å². The summed E-state index contributed by atoms with van der Waals surface area (Å²) < 4.78 is 1.91. The van der Waals surface area contributed by atoms with E-state index < -0.39 is 0 Å². The van der Waals surface area contributed by atoms with Gasteiger partial charge in [-0.05, 0) is 24.3 Å². The normalized spacial score (nSPS) is 11.1. The lowest BCUT2D eigenvalue weighted by Crippen LogP contribution is -1.97. The predicted molar refractivity (Wildman–Crippen MR) is 80.6 cm³/mol. The summed E-state index contributed by atoms with van der Waals surface area (Å²) in [7, 11) is 1.90. The number of imidazole rings is 1. The molecule has 0 fully saturated rings. The average molecular weight is 292 g/mol. The molecule has 0 aliphatic heterocycles. The third-order valence-electron chi connectivity index (χ3n) is 3.11. The van der Waals surface area contributed by atoms with E-state index in [1.807, 2.05) is 41.9 Å². The Hall–Kier alpha value is -1.71. The van der Waals surface area contributed by atoms with Gasteiger partial charge in [-0.15, -0.1) is 0 Å². The highest BCUT2D eigenvalue weighted by atomic mass is 35.5. The molecule has 0 aliphatic rings. The monoisotopic (exact) mass is 291 g/mol. The number of hydrogen-bond donors (Lipinski definition) is 1. The Kier molecular flexibility index (Phi) is 2.88. The molecule has 0 atom stereocenters. The first-order valence-electron chi connectivity index (χ1n) is 5.75. The highest BCUT2D eigenvalue weighted by molar-refractivity contribution is 6.35. The van der Waals surface area contributed by atoms with Gasteiger partial charge in [0.15, 0.2) is 0 Å². The summed E-state index contributed by atoms with van der Waals surface area (Å²) in [6.45, 7) is 0. The molecule has 0 spiro atoms. The van der Waals surface area contributed by atoms with E-state index in [0.717, 1.165) is 16.6 Å². The molecular formula is C14H11Cl2N3. The second-order valence-corrected chi connectivity index (χ2v) is 5.12. The van der Waals surface area contributed by atoms with Crippen molar-refractivity contribution >= 4 is 39.9 Å². The molecule has 2 N–H and O–H groups in total. The molecule has 0 unspecified atom stereocenters. The smallest absolute Gasteiger partial charge is 0.144 e. The molecule has 0 amide bonds. The summed E-state index contributed by atoms with van der Waals surface area (Å²) in [6, 6.07) is 11.0. The van der Waals surface area contributed by atoms with E-state index in [1.54, 1.807) is 6.07 Å². The molecule has 1 aromatic heterocycles. The van der Waals surface area contributed by atoms with Crippen molar-refractivity contribution in [3.63, 3.8) is 0 Å². The van der Waals surface area contributed by atoms with Gasteiger partial charge in [-0.2, -0.15) is 0 Å². The first-order chi connectivity index (χ1) is 9.09. The van der Waals surface area contributed by atoms with Crippen LogP contribution in [0.25, 0.3) is 22.4 Å². The van der Waals surface area contributed by atoms with Gasteiger partial charge in [0, 0.05) is 12.7 Å². The van der Waals surface area contributed by atoms with E-state index in [2.05, 4.69) is 4.98 Å². The van der Waals surface area contributed by atoms with Crippen LogP contribution in [0.5, 0.6) is 0 Å². The zero-order valence-electron chi connectivity index (χ0n) is 10.2. The van der Waals surface area contributed by atoms with Crippen LogP contribution in [-0.4, -0.2) is 9.55 Å². The van der Waals surface area contributed by atoms with Gasteiger partial charge in [0.05, 0.1) is 26.6 Å². The van der Waals surface area contributed by atoms with Gasteiger partial charge in [0.25, 0.3) is 0 Å². The van der Waals surface area contributed by atoms with Crippen molar-refractivity contribution in [1.29, 1.82) is 0 Å². The van der Waals surface area contributed by atoms with Gasteiger partial charge in [0.1, 0.15) is 5.82 Å². The highest BCUT2D eigenvalue weighted by Gasteiger charge is 2.16.